The summed E-state index contributed by atoms with van der Waals surface area (Å²) >= 11 is 0. The minimum absolute atomic E-state index is 0.0324. The molecule has 0 radical (unpaired) electrons. The first-order valence-corrected chi connectivity index (χ1v) is 2.54. The molecule has 0 amide bonds. The van der Waals surface area contributed by atoms with Crippen molar-refractivity contribution in [3.8, 4) is 0 Å². The predicted molar refractivity (Wildman–Crippen MR) is 23.6 cm³/mol. The minimum atomic E-state index is -2.78. The quantitative estimate of drug-likeness (QED) is 0.501. The molecule has 0 bridgehead atoms. The maximum Gasteiger partial charge on any atom is 0.272 e. The molecule has 0 nitrogen and oxygen atoms in total. The Morgan fingerprint density at radius 3 is 2.00 bits per heavy atom. The molecule has 1 aliphatic rings. The molecule has 48 valence electrons. The van der Waals surface area contributed by atoms with Crippen LogP contribution in [-0.4, -0.2) is 12.1 Å². The predicted octanol–water partition coefficient (Wildman–Crippen LogP) is 2.00. The lowest BCUT2D eigenvalue weighted by Gasteiger charge is -2.00. The summed E-state index contributed by atoms with van der Waals surface area (Å²) in [5.74, 6) is -0.428. The number of alkyl halides is 3. The fraction of sp³-hybridized carbons (Fsp3) is 1.00. The molecule has 0 aliphatic heterocycles. The van der Waals surface area contributed by atoms with Gasteiger partial charge in [0.15, 0.2) is 5.67 Å². The van der Waals surface area contributed by atoms with Crippen molar-refractivity contribution >= 4 is 0 Å². The second-order valence-corrected chi connectivity index (χ2v) is 2.33. The third-order valence-electron chi connectivity index (χ3n) is 1.64. The van der Waals surface area contributed by atoms with Gasteiger partial charge in [0.25, 0.3) is 6.43 Å². The average Bonchev–Trinajstić information content (AvgIpc) is 2.17. The summed E-state index contributed by atoms with van der Waals surface area (Å²) < 4.78 is 35.2. The van der Waals surface area contributed by atoms with E-state index in [-0.39, 0.29) is 6.42 Å². The molecule has 0 spiro atoms. The molecule has 1 aliphatic carbocycles. The standard InChI is InChI=1S/C5H7F3/c1-3-2-5(3,8)4(6)7/h3-4H,2H2,1H3/t3-,5+/m1/s1. The second kappa shape index (κ2) is 1.39. The smallest absolute Gasteiger partial charge is 0.237 e. The molecule has 3 heteroatoms. The lowest BCUT2D eigenvalue weighted by atomic mass is 10.3. The van der Waals surface area contributed by atoms with Gasteiger partial charge in [0, 0.05) is 0 Å². The third-order valence-corrected chi connectivity index (χ3v) is 1.64. The lowest BCUT2D eigenvalue weighted by molar-refractivity contribution is 0.0247. The van der Waals surface area contributed by atoms with Crippen LogP contribution >= 0.6 is 0 Å². The normalized spacial score (nSPS) is 45.4. The highest BCUT2D eigenvalue weighted by Gasteiger charge is 2.59. The Bertz CT molecular complexity index is 102. The van der Waals surface area contributed by atoms with Crippen molar-refractivity contribution < 1.29 is 13.2 Å². The zero-order valence-electron chi connectivity index (χ0n) is 4.50. The largest absolute Gasteiger partial charge is 0.272 e. The summed E-state index contributed by atoms with van der Waals surface area (Å²) in [4.78, 5) is 0. The van der Waals surface area contributed by atoms with Crippen molar-refractivity contribution in [1.82, 2.24) is 0 Å². The summed E-state index contributed by atoms with van der Waals surface area (Å²) in [5.41, 5.74) is -2.12. The number of hydrogen-bond acceptors (Lipinski definition) is 0. The first-order valence-electron chi connectivity index (χ1n) is 2.54. The van der Waals surface area contributed by atoms with Crippen LogP contribution in [-0.2, 0) is 0 Å². The Hall–Kier alpha value is -0.210. The van der Waals surface area contributed by atoms with Crippen LogP contribution in [0.5, 0.6) is 0 Å². The third kappa shape index (κ3) is 0.607. The summed E-state index contributed by atoms with van der Waals surface area (Å²) in [6.45, 7) is 1.49. The molecular formula is C5H7F3. The maximum absolute atomic E-state index is 12.3. The van der Waals surface area contributed by atoms with Crippen molar-refractivity contribution in [2.45, 2.75) is 25.4 Å². The van der Waals surface area contributed by atoms with Crippen LogP contribution in [0.2, 0.25) is 0 Å². The number of rotatable bonds is 1. The summed E-state index contributed by atoms with van der Waals surface area (Å²) in [6, 6.07) is 0. The van der Waals surface area contributed by atoms with Crippen molar-refractivity contribution in [2.24, 2.45) is 5.92 Å². The minimum Gasteiger partial charge on any atom is -0.237 e. The first kappa shape index (κ1) is 5.92. The van der Waals surface area contributed by atoms with E-state index in [0.717, 1.165) is 0 Å². The van der Waals surface area contributed by atoms with Gasteiger partial charge in [-0.2, -0.15) is 0 Å². The van der Waals surface area contributed by atoms with Crippen molar-refractivity contribution in [1.29, 1.82) is 0 Å². The zero-order chi connectivity index (χ0) is 6.36. The van der Waals surface area contributed by atoms with Crippen LogP contribution < -0.4 is 0 Å². The molecule has 8 heavy (non-hydrogen) atoms. The van der Waals surface area contributed by atoms with E-state index in [4.69, 9.17) is 0 Å². The van der Waals surface area contributed by atoms with Gasteiger partial charge >= 0.3 is 0 Å². The van der Waals surface area contributed by atoms with Crippen LogP contribution in [0.1, 0.15) is 13.3 Å². The molecule has 1 fully saturated rings. The number of halogens is 3. The second-order valence-electron chi connectivity index (χ2n) is 2.33. The fourth-order valence-electron chi connectivity index (χ4n) is 0.715. The van der Waals surface area contributed by atoms with Gasteiger partial charge in [-0.25, -0.2) is 13.2 Å². The van der Waals surface area contributed by atoms with Crippen LogP contribution in [0, 0.1) is 5.92 Å². The van der Waals surface area contributed by atoms with E-state index in [2.05, 4.69) is 0 Å². The van der Waals surface area contributed by atoms with E-state index in [1.165, 1.54) is 6.92 Å². The highest BCUT2D eigenvalue weighted by Crippen LogP contribution is 2.50. The van der Waals surface area contributed by atoms with Crippen molar-refractivity contribution in [3.63, 3.8) is 0 Å². The van der Waals surface area contributed by atoms with E-state index < -0.39 is 18.0 Å². The lowest BCUT2D eigenvalue weighted by Crippen LogP contribution is -2.14. The molecule has 2 atom stereocenters. The van der Waals surface area contributed by atoms with Gasteiger partial charge in [-0.3, -0.25) is 0 Å². The van der Waals surface area contributed by atoms with Gasteiger partial charge < -0.3 is 0 Å². The molecule has 1 rings (SSSR count). The van der Waals surface area contributed by atoms with Gasteiger partial charge in [0.2, 0.25) is 0 Å². The SMILES string of the molecule is C[C@@H]1C[C@@]1(F)C(F)F. The molecular weight excluding hydrogens is 117 g/mol. The Morgan fingerprint density at radius 1 is 1.62 bits per heavy atom. The van der Waals surface area contributed by atoms with E-state index >= 15 is 0 Å². The molecule has 0 aromatic carbocycles. The molecule has 0 unspecified atom stereocenters. The van der Waals surface area contributed by atoms with Crippen LogP contribution in [0.15, 0.2) is 0 Å². The van der Waals surface area contributed by atoms with Crippen molar-refractivity contribution in [3.05, 3.63) is 0 Å². The monoisotopic (exact) mass is 124 g/mol. The van der Waals surface area contributed by atoms with Crippen molar-refractivity contribution in [2.75, 3.05) is 0 Å². The van der Waals surface area contributed by atoms with Gasteiger partial charge in [-0.05, 0) is 12.3 Å². The van der Waals surface area contributed by atoms with Crippen LogP contribution in [0.25, 0.3) is 0 Å². The van der Waals surface area contributed by atoms with Crippen LogP contribution in [0.3, 0.4) is 0 Å². The van der Waals surface area contributed by atoms with E-state index in [1.54, 1.807) is 0 Å². The van der Waals surface area contributed by atoms with Gasteiger partial charge in [0.05, 0.1) is 0 Å². The Balaban J connectivity index is 2.47. The molecule has 0 aromatic rings. The van der Waals surface area contributed by atoms with Gasteiger partial charge in [0.1, 0.15) is 0 Å². The van der Waals surface area contributed by atoms with E-state index in [0.29, 0.717) is 0 Å². The van der Waals surface area contributed by atoms with E-state index in [1.807, 2.05) is 0 Å². The summed E-state index contributed by atoms with van der Waals surface area (Å²) in [6.07, 6.45) is -2.75. The van der Waals surface area contributed by atoms with Gasteiger partial charge in [-0.15, -0.1) is 0 Å². The Morgan fingerprint density at radius 2 is 2.00 bits per heavy atom. The molecule has 0 aromatic heterocycles. The summed E-state index contributed by atoms with van der Waals surface area (Å²) in [7, 11) is 0. The molecule has 0 N–H and O–H groups in total. The zero-order valence-corrected chi connectivity index (χ0v) is 4.50. The maximum atomic E-state index is 12.3. The topological polar surface area (TPSA) is 0 Å². The Kier molecular flexibility index (Phi) is 1.03. The van der Waals surface area contributed by atoms with E-state index in [9.17, 15) is 13.2 Å². The Labute approximate surface area is 45.7 Å². The average molecular weight is 124 g/mol. The fourth-order valence-corrected chi connectivity index (χ4v) is 0.715. The van der Waals surface area contributed by atoms with Crippen LogP contribution in [0.4, 0.5) is 13.2 Å². The summed E-state index contributed by atoms with van der Waals surface area (Å²) in [5, 5.41) is 0. The molecule has 0 heterocycles. The molecule has 1 saturated carbocycles. The number of hydrogen-bond donors (Lipinski definition) is 0. The highest BCUT2D eigenvalue weighted by molar-refractivity contribution is 5.03. The first-order chi connectivity index (χ1) is 3.57. The molecule has 0 saturated heterocycles. The van der Waals surface area contributed by atoms with Gasteiger partial charge in [-0.1, -0.05) is 6.92 Å². The highest BCUT2D eigenvalue weighted by atomic mass is 19.3.